The van der Waals surface area contributed by atoms with Crippen LogP contribution in [-0.4, -0.2) is 17.5 Å². The summed E-state index contributed by atoms with van der Waals surface area (Å²) in [4.78, 5) is 28.1. The molecule has 0 aliphatic carbocycles. The molecule has 4 nitrogen and oxygen atoms in total. The predicted molar refractivity (Wildman–Crippen MR) is 91.4 cm³/mol. The first-order valence-corrected chi connectivity index (χ1v) is 8.20. The van der Waals surface area contributed by atoms with Gasteiger partial charge in [-0.2, -0.15) is 12.6 Å². The quantitative estimate of drug-likeness (QED) is 0.185. The number of oxime groups is 1. The number of Topliss-reactive ketones (excluding diaryl/α,β-unsaturated/α-hetero) is 1. The molecule has 0 aromatic heterocycles. The van der Waals surface area contributed by atoms with Crippen LogP contribution in [-0.2, 0) is 15.4 Å². The largest absolute Gasteiger partial charge is 0.331 e. The first-order chi connectivity index (χ1) is 10.6. The van der Waals surface area contributed by atoms with Crippen molar-refractivity contribution in [1.29, 1.82) is 0 Å². The second kappa shape index (κ2) is 10.2. The second-order valence-corrected chi connectivity index (χ2v) is 5.43. The average Bonchev–Trinajstić information content (AvgIpc) is 2.53. The van der Waals surface area contributed by atoms with E-state index in [0.29, 0.717) is 23.4 Å². The molecule has 0 aliphatic rings. The molecule has 120 valence electrons. The SMILES string of the molecule is CCCCCC/C(=N\OC(C)=O)C(=O)c1ccc(CS)cc1. The Labute approximate surface area is 137 Å². The molecule has 0 heterocycles. The standard InChI is InChI=1S/C17H23NO3S/c1-3-4-5-6-7-16(18-21-13(2)19)17(20)15-10-8-14(12-22)9-11-15/h8-11,22H,3-7,12H2,1-2H3/b18-16+. The zero-order chi connectivity index (χ0) is 16.4. The normalized spacial score (nSPS) is 11.3. The maximum atomic E-state index is 12.5. The first kappa shape index (κ1) is 18.4. The lowest BCUT2D eigenvalue weighted by atomic mass is 10.0. The molecule has 5 heteroatoms. The highest BCUT2D eigenvalue weighted by Crippen LogP contribution is 2.12. The van der Waals surface area contributed by atoms with Crippen molar-refractivity contribution >= 4 is 30.1 Å². The van der Waals surface area contributed by atoms with Crippen LogP contribution in [0.2, 0.25) is 0 Å². The van der Waals surface area contributed by atoms with Crippen LogP contribution in [0.4, 0.5) is 0 Å². The van der Waals surface area contributed by atoms with Gasteiger partial charge in [0.1, 0.15) is 5.71 Å². The fourth-order valence-corrected chi connectivity index (χ4v) is 2.18. The highest BCUT2D eigenvalue weighted by Gasteiger charge is 2.15. The molecular formula is C17H23NO3S. The summed E-state index contributed by atoms with van der Waals surface area (Å²) < 4.78 is 0. The van der Waals surface area contributed by atoms with Crippen molar-refractivity contribution in [3.8, 4) is 0 Å². The molecule has 0 spiro atoms. The lowest BCUT2D eigenvalue weighted by Crippen LogP contribution is -2.16. The smallest absolute Gasteiger partial charge is 0.318 e. The Morgan fingerprint density at radius 3 is 2.36 bits per heavy atom. The molecule has 0 bridgehead atoms. The molecule has 0 saturated heterocycles. The fraction of sp³-hybridized carbons (Fsp3) is 0.471. The third-order valence-electron chi connectivity index (χ3n) is 3.21. The zero-order valence-electron chi connectivity index (χ0n) is 13.2. The number of ketones is 1. The topological polar surface area (TPSA) is 55.7 Å². The van der Waals surface area contributed by atoms with Gasteiger partial charge in [0.25, 0.3) is 0 Å². The molecule has 0 fully saturated rings. The van der Waals surface area contributed by atoms with Gasteiger partial charge in [-0.25, -0.2) is 4.79 Å². The minimum Gasteiger partial charge on any atom is -0.318 e. The summed E-state index contributed by atoms with van der Waals surface area (Å²) in [7, 11) is 0. The molecule has 1 rings (SSSR count). The van der Waals surface area contributed by atoms with E-state index in [4.69, 9.17) is 0 Å². The van der Waals surface area contributed by atoms with Crippen LogP contribution >= 0.6 is 12.6 Å². The maximum absolute atomic E-state index is 12.5. The first-order valence-electron chi connectivity index (χ1n) is 7.57. The third-order valence-corrected chi connectivity index (χ3v) is 3.58. The van der Waals surface area contributed by atoms with Crippen molar-refractivity contribution in [3.05, 3.63) is 35.4 Å². The number of unbranched alkanes of at least 4 members (excludes halogenated alkanes) is 3. The van der Waals surface area contributed by atoms with E-state index >= 15 is 0 Å². The molecule has 0 unspecified atom stereocenters. The fourth-order valence-electron chi connectivity index (χ4n) is 1.97. The van der Waals surface area contributed by atoms with E-state index in [2.05, 4.69) is 29.5 Å². The van der Waals surface area contributed by atoms with Crippen molar-refractivity contribution in [2.75, 3.05) is 0 Å². The number of hydrogen-bond acceptors (Lipinski definition) is 5. The number of rotatable bonds is 9. The summed E-state index contributed by atoms with van der Waals surface area (Å²) >= 11 is 4.19. The summed E-state index contributed by atoms with van der Waals surface area (Å²) in [6.07, 6.45) is 4.64. The van der Waals surface area contributed by atoms with E-state index in [1.807, 2.05) is 12.1 Å². The number of nitrogens with zero attached hydrogens (tertiary/aromatic N) is 1. The minimum atomic E-state index is -0.524. The highest BCUT2D eigenvalue weighted by molar-refractivity contribution is 7.79. The average molecular weight is 321 g/mol. The Morgan fingerprint density at radius 2 is 1.82 bits per heavy atom. The molecule has 0 aliphatic heterocycles. The lowest BCUT2D eigenvalue weighted by Gasteiger charge is -2.06. The van der Waals surface area contributed by atoms with Gasteiger partial charge in [-0.1, -0.05) is 55.6 Å². The van der Waals surface area contributed by atoms with Gasteiger partial charge in [-0.3, -0.25) is 4.79 Å². The highest BCUT2D eigenvalue weighted by atomic mass is 32.1. The molecule has 22 heavy (non-hydrogen) atoms. The van der Waals surface area contributed by atoms with Gasteiger partial charge in [-0.15, -0.1) is 0 Å². The molecule has 0 saturated carbocycles. The number of benzene rings is 1. The van der Waals surface area contributed by atoms with Crippen LogP contribution in [0.3, 0.4) is 0 Å². The van der Waals surface area contributed by atoms with Crippen LogP contribution in [0.5, 0.6) is 0 Å². The van der Waals surface area contributed by atoms with Gasteiger partial charge in [-0.05, 0) is 18.4 Å². The predicted octanol–water partition coefficient (Wildman–Crippen LogP) is 4.19. The summed E-state index contributed by atoms with van der Waals surface area (Å²) in [5.41, 5.74) is 1.89. The van der Waals surface area contributed by atoms with Gasteiger partial charge >= 0.3 is 5.97 Å². The number of thiol groups is 1. The Morgan fingerprint density at radius 1 is 1.14 bits per heavy atom. The van der Waals surface area contributed by atoms with E-state index < -0.39 is 5.97 Å². The van der Waals surface area contributed by atoms with Gasteiger partial charge in [0, 0.05) is 18.2 Å². The second-order valence-electron chi connectivity index (χ2n) is 5.12. The Bertz CT molecular complexity index is 523. The van der Waals surface area contributed by atoms with Crippen LogP contribution in [0.25, 0.3) is 0 Å². The molecule has 1 aromatic carbocycles. The van der Waals surface area contributed by atoms with E-state index in [9.17, 15) is 9.59 Å². The number of carbonyl (C=O) groups is 2. The van der Waals surface area contributed by atoms with E-state index in [0.717, 1.165) is 31.2 Å². The molecule has 0 amide bonds. The summed E-state index contributed by atoms with van der Waals surface area (Å²) in [6.45, 7) is 3.40. The van der Waals surface area contributed by atoms with Gasteiger partial charge in [0.05, 0.1) is 0 Å². The zero-order valence-corrected chi connectivity index (χ0v) is 14.1. The molecule has 0 radical (unpaired) electrons. The molecule has 0 N–H and O–H groups in total. The molecule has 0 atom stereocenters. The van der Waals surface area contributed by atoms with E-state index in [1.165, 1.54) is 6.92 Å². The summed E-state index contributed by atoms with van der Waals surface area (Å²) in [5.74, 6) is -0.0902. The lowest BCUT2D eigenvalue weighted by molar-refractivity contribution is -0.140. The van der Waals surface area contributed by atoms with Crippen LogP contribution in [0.1, 0.15) is 61.9 Å². The maximum Gasteiger partial charge on any atom is 0.331 e. The summed E-state index contributed by atoms with van der Waals surface area (Å²) in [5, 5.41) is 3.74. The monoisotopic (exact) mass is 321 g/mol. The van der Waals surface area contributed by atoms with Crippen LogP contribution in [0, 0.1) is 0 Å². The van der Waals surface area contributed by atoms with Crippen molar-refractivity contribution in [2.24, 2.45) is 5.16 Å². The van der Waals surface area contributed by atoms with E-state index in [1.54, 1.807) is 12.1 Å². The van der Waals surface area contributed by atoms with E-state index in [-0.39, 0.29) is 5.78 Å². The van der Waals surface area contributed by atoms with Crippen LogP contribution < -0.4 is 0 Å². The third kappa shape index (κ3) is 6.43. The van der Waals surface area contributed by atoms with Crippen molar-refractivity contribution in [1.82, 2.24) is 0 Å². The Balaban J connectivity index is 2.80. The van der Waals surface area contributed by atoms with Crippen molar-refractivity contribution < 1.29 is 14.4 Å². The van der Waals surface area contributed by atoms with Crippen molar-refractivity contribution in [3.63, 3.8) is 0 Å². The minimum absolute atomic E-state index is 0.191. The summed E-state index contributed by atoms with van der Waals surface area (Å²) in [6, 6.07) is 7.23. The Hall–Kier alpha value is -1.62. The van der Waals surface area contributed by atoms with Gasteiger partial charge in [0.15, 0.2) is 0 Å². The number of hydrogen-bond donors (Lipinski definition) is 1. The van der Waals surface area contributed by atoms with Crippen molar-refractivity contribution in [2.45, 2.75) is 51.7 Å². The van der Waals surface area contributed by atoms with Crippen LogP contribution in [0.15, 0.2) is 29.4 Å². The molecular weight excluding hydrogens is 298 g/mol. The Kier molecular flexibility index (Phi) is 8.51. The molecule has 1 aromatic rings. The number of carbonyl (C=O) groups excluding carboxylic acids is 2. The van der Waals surface area contributed by atoms with Gasteiger partial charge in [0.2, 0.25) is 5.78 Å². The van der Waals surface area contributed by atoms with Gasteiger partial charge < -0.3 is 4.84 Å².